The van der Waals surface area contributed by atoms with Crippen LogP contribution in [0.2, 0.25) is 0 Å². The smallest absolute Gasteiger partial charge is 0.370 e. The molecule has 1 aliphatic heterocycles. The van der Waals surface area contributed by atoms with Crippen molar-refractivity contribution in [2.24, 2.45) is 5.92 Å². The van der Waals surface area contributed by atoms with Crippen molar-refractivity contribution < 1.29 is 13.2 Å². The Morgan fingerprint density at radius 2 is 1.86 bits per heavy atom. The van der Waals surface area contributed by atoms with Crippen LogP contribution in [0, 0.1) is 5.92 Å². The van der Waals surface area contributed by atoms with E-state index in [0.717, 1.165) is 73.3 Å². The van der Waals surface area contributed by atoms with Crippen LogP contribution < -0.4 is 5.32 Å². The average Bonchev–Trinajstić information content (AvgIpc) is 2.95. The van der Waals surface area contributed by atoms with E-state index in [9.17, 15) is 13.2 Å². The van der Waals surface area contributed by atoms with Gasteiger partial charge >= 0.3 is 6.18 Å². The predicted molar refractivity (Wildman–Crippen MR) is 147 cm³/mol. The number of benzene rings is 1. The van der Waals surface area contributed by atoms with Gasteiger partial charge in [-0.2, -0.15) is 25.8 Å². The lowest BCUT2D eigenvalue weighted by Gasteiger charge is -2.26. The van der Waals surface area contributed by atoms with E-state index in [4.69, 9.17) is 17.6 Å². The highest BCUT2D eigenvalue weighted by Crippen LogP contribution is 2.28. The van der Waals surface area contributed by atoms with Gasteiger partial charge in [0, 0.05) is 29.7 Å². The number of allylic oxidation sites excluding steroid dienone is 1. The zero-order valence-electron chi connectivity index (χ0n) is 21.6. The maximum atomic E-state index is 13.0. The zero-order valence-corrected chi connectivity index (χ0v) is 22.5. The molecule has 0 fully saturated rings. The van der Waals surface area contributed by atoms with E-state index in [1.54, 1.807) is 0 Å². The van der Waals surface area contributed by atoms with E-state index in [2.05, 4.69) is 43.9 Å². The summed E-state index contributed by atoms with van der Waals surface area (Å²) in [5.74, 6) is 1.60. The van der Waals surface area contributed by atoms with Gasteiger partial charge in [0.15, 0.2) is 0 Å². The van der Waals surface area contributed by atoms with Gasteiger partial charge in [0.1, 0.15) is 12.4 Å². The van der Waals surface area contributed by atoms with Crippen molar-refractivity contribution in [1.82, 2.24) is 9.88 Å². The molecule has 1 N–H and O–H groups in total. The van der Waals surface area contributed by atoms with Crippen molar-refractivity contribution in [2.75, 3.05) is 18.4 Å². The Morgan fingerprint density at radius 3 is 2.61 bits per heavy atom. The molecular weight excluding hydrogens is 479 g/mol. The standard InChI is InChI=1S/C29H40F3N3S/c1-21(2)10-15-27(36)16-17-33-28-9-5-8-26(34-28)7-4-6-23-12-14-24-13-11-22(3)35(19-25(24)18-23)20-29(30,31)32/h5,8-9,12,14,18,21,27,36H,3-4,6-7,10-11,13,15-17,19-20H2,1-2H3,(H,33,34). The summed E-state index contributed by atoms with van der Waals surface area (Å²) in [5.41, 5.74) is 4.87. The Balaban J connectivity index is 1.49. The number of alkyl halides is 3. The SMILES string of the molecule is C=C1CCc2ccc(CCCc3cccc(NCCC(S)CCC(C)C)n3)cc2CN1CC(F)(F)F. The Kier molecular flexibility index (Phi) is 10.6. The highest BCUT2D eigenvalue weighted by Gasteiger charge is 2.32. The molecule has 1 atom stereocenters. The minimum absolute atomic E-state index is 0.265. The van der Waals surface area contributed by atoms with E-state index in [1.165, 1.54) is 11.3 Å². The number of nitrogens with zero attached hydrogens (tertiary/aromatic N) is 2. The molecule has 1 aliphatic rings. The number of halogens is 3. The Bertz CT molecular complexity index is 990. The topological polar surface area (TPSA) is 28.2 Å². The third kappa shape index (κ3) is 9.72. The Morgan fingerprint density at radius 1 is 1.06 bits per heavy atom. The van der Waals surface area contributed by atoms with Crippen LogP contribution in [0.5, 0.6) is 0 Å². The number of rotatable bonds is 12. The van der Waals surface area contributed by atoms with E-state index >= 15 is 0 Å². The summed E-state index contributed by atoms with van der Waals surface area (Å²) in [6.07, 6.45) is 3.06. The van der Waals surface area contributed by atoms with Crippen LogP contribution in [0.25, 0.3) is 0 Å². The maximum Gasteiger partial charge on any atom is 0.405 e. The van der Waals surface area contributed by atoms with E-state index in [1.807, 2.05) is 18.2 Å². The van der Waals surface area contributed by atoms with Crippen molar-refractivity contribution in [3.63, 3.8) is 0 Å². The van der Waals surface area contributed by atoms with Crippen LogP contribution in [0.1, 0.15) is 68.3 Å². The Labute approximate surface area is 220 Å². The van der Waals surface area contributed by atoms with Crippen LogP contribution in [-0.2, 0) is 25.8 Å². The molecule has 3 rings (SSSR count). The fraction of sp³-hybridized carbons (Fsp3) is 0.552. The third-order valence-corrected chi connectivity index (χ3v) is 7.21. The number of anilines is 1. The van der Waals surface area contributed by atoms with Crippen molar-refractivity contribution >= 4 is 18.4 Å². The highest BCUT2D eigenvalue weighted by molar-refractivity contribution is 7.80. The van der Waals surface area contributed by atoms with Gasteiger partial charge in [0.25, 0.3) is 0 Å². The number of hydrogen-bond donors (Lipinski definition) is 2. The second-order valence-electron chi connectivity index (χ2n) is 10.3. The predicted octanol–water partition coefficient (Wildman–Crippen LogP) is 7.62. The first-order valence-electron chi connectivity index (χ1n) is 13.1. The van der Waals surface area contributed by atoms with Gasteiger partial charge in [-0.05, 0) is 86.1 Å². The van der Waals surface area contributed by atoms with Gasteiger partial charge in [-0.25, -0.2) is 4.98 Å². The summed E-state index contributed by atoms with van der Waals surface area (Å²) >= 11 is 4.70. The molecule has 0 saturated heterocycles. The van der Waals surface area contributed by atoms with Crippen molar-refractivity contribution in [1.29, 1.82) is 0 Å². The number of hydrogen-bond acceptors (Lipinski definition) is 4. The molecule has 0 aliphatic carbocycles. The molecule has 1 aromatic carbocycles. The number of nitrogens with one attached hydrogen (secondary N) is 1. The molecule has 1 unspecified atom stereocenters. The fourth-order valence-electron chi connectivity index (χ4n) is 4.59. The van der Waals surface area contributed by atoms with E-state index < -0.39 is 12.7 Å². The van der Waals surface area contributed by atoms with Crippen LogP contribution in [0.4, 0.5) is 19.0 Å². The number of aryl methyl sites for hydroxylation is 3. The van der Waals surface area contributed by atoms with Gasteiger partial charge in [0.2, 0.25) is 0 Å². The van der Waals surface area contributed by atoms with Crippen molar-refractivity contribution in [3.8, 4) is 0 Å². The van der Waals surface area contributed by atoms with E-state index in [0.29, 0.717) is 23.3 Å². The molecule has 36 heavy (non-hydrogen) atoms. The van der Waals surface area contributed by atoms with Crippen molar-refractivity contribution in [3.05, 3.63) is 71.1 Å². The lowest BCUT2D eigenvalue weighted by atomic mass is 9.98. The van der Waals surface area contributed by atoms with Gasteiger partial charge in [-0.1, -0.05) is 44.7 Å². The number of pyridine rings is 1. The minimum Gasteiger partial charge on any atom is -0.370 e. The molecule has 198 valence electrons. The van der Waals surface area contributed by atoms with E-state index in [-0.39, 0.29) is 6.54 Å². The summed E-state index contributed by atoms with van der Waals surface area (Å²) < 4.78 is 39.1. The van der Waals surface area contributed by atoms with Gasteiger partial charge in [-0.3, -0.25) is 0 Å². The average molecular weight is 520 g/mol. The highest BCUT2D eigenvalue weighted by atomic mass is 32.1. The van der Waals surface area contributed by atoms with Gasteiger partial charge in [-0.15, -0.1) is 0 Å². The summed E-state index contributed by atoms with van der Waals surface area (Å²) in [4.78, 5) is 6.12. The molecule has 2 aromatic rings. The Hall–Kier alpha value is -2.15. The fourth-order valence-corrected chi connectivity index (χ4v) is 4.87. The number of thiol groups is 1. The lowest BCUT2D eigenvalue weighted by molar-refractivity contribution is -0.143. The first kappa shape index (κ1) is 28.4. The summed E-state index contributed by atoms with van der Waals surface area (Å²) in [7, 11) is 0. The van der Waals surface area contributed by atoms with Crippen LogP contribution in [-0.4, -0.2) is 34.4 Å². The monoisotopic (exact) mass is 519 g/mol. The minimum atomic E-state index is -4.23. The molecule has 2 heterocycles. The maximum absolute atomic E-state index is 13.0. The molecule has 0 amide bonds. The second-order valence-corrected chi connectivity index (χ2v) is 11.1. The lowest BCUT2D eigenvalue weighted by Crippen LogP contribution is -2.32. The van der Waals surface area contributed by atoms with Crippen LogP contribution in [0.15, 0.2) is 48.7 Å². The number of fused-ring (bicyclic) bond motifs is 1. The molecule has 3 nitrogen and oxygen atoms in total. The van der Waals surface area contributed by atoms with Crippen molar-refractivity contribution in [2.45, 2.75) is 83.2 Å². The molecule has 7 heteroatoms. The normalized spacial score (nSPS) is 15.1. The number of aromatic nitrogens is 1. The van der Waals surface area contributed by atoms with Crippen LogP contribution >= 0.6 is 12.6 Å². The first-order chi connectivity index (χ1) is 17.1. The third-order valence-electron chi connectivity index (χ3n) is 6.70. The first-order valence-corrected chi connectivity index (χ1v) is 13.6. The molecule has 0 spiro atoms. The molecule has 0 radical (unpaired) electrons. The molecule has 0 bridgehead atoms. The second kappa shape index (κ2) is 13.4. The summed E-state index contributed by atoms with van der Waals surface area (Å²) in [6, 6.07) is 12.3. The summed E-state index contributed by atoms with van der Waals surface area (Å²) in [6.45, 7) is 8.54. The van der Waals surface area contributed by atoms with Gasteiger partial charge < -0.3 is 10.2 Å². The molecule has 1 aromatic heterocycles. The molecule has 0 saturated carbocycles. The molecular formula is C29H40F3N3S. The van der Waals surface area contributed by atoms with Gasteiger partial charge in [0.05, 0.1) is 0 Å². The zero-order chi connectivity index (χ0) is 26.1. The summed E-state index contributed by atoms with van der Waals surface area (Å²) in [5, 5.41) is 3.83. The quantitative estimate of drug-likeness (QED) is 0.283. The largest absolute Gasteiger partial charge is 0.405 e. The van der Waals surface area contributed by atoms with Crippen LogP contribution in [0.3, 0.4) is 0 Å².